The summed E-state index contributed by atoms with van der Waals surface area (Å²) in [5, 5.41) is 14.6. The van der Waals surface area contributed by atoms with Crippen molar-refractivity contribution in [1.29, 1.82) is 0 Å². The summed E-state index contributed by atoms with van der Waals surface area (Å²) in [4.78, 5) is 10.5. The average Bonchev–Trinajstić information content (AvgIpc) is 1.85. The van der Waals surface area contributed by atoms with Gasteiger partial charge in [0.25, 0.3) is 0 Å². The lowest BCUT2D eigenvalue weighted by Gasteiger charge is -2.28. The van der Waals surface area contributed by atoms with Gasteiger partial charge < -0.3 is 15.7 Å². The van der Waals surface area contributed by atoms with Gasteiger partial charge in [-0.2, -0.15) is 0 Å². The summed E-state index contributed by atoms with van der Waals surface area (Å²) in [5.74, 6) is -0.847. The quantitative estimate of drug-likeness (QED) is 0.476. The van der Waals surface area contributed by atoms with Crippen LogP contribution in [0.2, 0.25) is 0 Å². The Morgan fingerprint density at radius 1 is 1.73 bits per heavy atom. The lowest BCUT2D eigenvalue weighted by molar-refractivity contribution is -0.139. The van der Waals surface area contributed by atoms with Gasteiger partial charge in [0.1, 0.15) is 6.04 Å². The molecule has 1 heterocycles. The predicted molar refractivity (Wildman–Crippen MR) is 44.4 cm³/mol. The van der Waals surface area contributed by atoms with Crippen LogP contribution in [0.3, 0.4) is 0 Å². The lowest BCUT2D eigenvalue weighted by Crippen LogP contribution is -2.55. The number of hydrogen-bond acceptors (Lipinski definition) is 2. The highest BCUT2D eigenvalue weighted by Crippen LogP contribution is 2.03. The monoisotopic (exact) mass is 174 g/mol. The number of nitrogens with one attached hydrogen (secondary N) is 2. The van der Waals surface area contributed by atoms with Crippen LogP contribution in [-0.2, 0) is 4.79 Å². The van der Waals surface area contributed by atoms with E-state index in [0.717, 1.165) is 0 Å². The van der Waals surface area contributed by atoms with Crippen LogP contribution >= 0.6 is 12.2 Å². The first kappa shape index (κ1) is 8.26. The smallest absolute Gasteiger partial charge is 0.326 e. The number of hydrogen-bond donors (Lipinski definition) is 3. The van der Waals surface area contributed by atoms with Gasteiger partial charge in [-0.25, -0.2) is 4.79 Å². The van der Waals surface area contributed by atoms with E-state index in [9.17, 15) is 4.79 Å². The molecule has 0 radical (unpaired) electrons. The zero-order valence-corrected chi connectivity index (χ0v) is 6.94. The Labute approximate surface area is 70.0 Å². The molecule has 2 atom stereocenters. The first-order valence-corrected chi connectivity index (χ1v) is 3.80. The number of rotatable bonds is 1. The van der Waals surface area contributed by atoms with Gasteiger partial charge >= 0.3 is 5.97 Å². The molecule has 3 N–H and O–H groups in total. The van der Waals surface area contributed by atoms with E-state index in [2.05, 4.69) is 10.6 Å². The van der Waals surface area contributed by atoms with Crippen LogP contribution in [-0.4, -0.2) is 28.3 Å². The first-order valence-electron chi connectivity index (χ1n) is 3.39. The van der Waals surface area contributed by atoms with Gasteiger partial charge in [0, 0.05) is 6.04 Å². The van der Waals surface area contributed by atoms with Crippen molar-refractivity contribution in [2.45, 2.75) is 25.4 Å². The largest absolute Gasteiger partial charge is 0.480 e. The van der Waals surface area contributed by atoms with Crippen LogP contribution in [0, 0.1) is 0 Å². The van der Waals surface area contributed by atoms with E-state index < -0.39 is 12.0 Å². The molecule has 4 nitrogen and oxygen atoms in total. The third kappa shape index (κ3) is 2.04. The van der Waals surface area contributed by atoms with Crippen LogP contribution in [0.15, 0.2) is 0 Å². The van der Waals surface area contributed by atoms with Crippen molar-refractivity contribution >= 4 is 23.3 Å². The number of aliphatic carboxylic acids is 1. The van der Waals surface area contributed by atoms with Crippen LogP contribution in [0.5, 0.6) is 0 Å². The standard InChI is InChI=1S/C6H10N2O2S/c1-3-2-4(5(9)10)8-6(11)7-3/h3-4H,2H2,1H3,(H,9,10)(H2,7,8,11)/t3-,4-/m1/s1. The molecule has 5 heteroatoms. The van der Waals surface area contributed by atoms with Crippen LogP contribution < -0.4 is 10.6 Å². The summed E-state index contributed by atoms with van der Waals surface area (Å²) in [6.07, 6.45) is 0.565. The van der Waals surface area contributed by atoms with Gasteiger partial charge in [-0.1, -0.05) is 0 Å². The van der Waals surface area contributed by atoms with E-state index >= 15 is 0 Å². The molecule has 0 aromatic carbocycles. The molecular formula is C6H10N2O2S. The van der Waals surface area contributed by atoms with Gasteiger partial charge in [-0.15, -0.1) is 0 Å². The molecule has 0 amide bonds. The maximum Gasteiger partial charge on any atom is 0.326 e. The molecule has 1 aliphatic rings. The summed E-state index contributed by atoms with van der Waals surface area (Å²) >= 11 is 4.79. The van der Waals surface area contributed by atoms with Crippen LogP contribution in [0.4, 0.5) is 0 Å². The molecule has 1 rings (SSSR count). The highest BCUT2D eigenvalue weighted by atomic mass is 32.1. The molecule has 0 aromatic rings. The Bertz CT molecular complexity index is 195. The second kappa shape index (κ2) is 3.04. The minimum Gasteiger partial charge on any atom is -0.480 e. The number of carbonyl (C=O) groups is 1. The zero-order valence-electron chi connectivity index (χ0n) is 6.13. The van der Waals surface area contributed by atoms with Gasteiger partial charge in [0.15, 0.2) is 5.11 Å². The van der Waals surface area contributed by atoms with E-state index in [-0.39, 0.29) is 6.04 Å². The minimum absolute atomic E-state index is 0.143. The molecule has 11 heavy (non-hydrogen) atoms. The third-order valence-corrected chi connectivity index (χ3v) is 1.81. The Morgan fingerprint density at radius 2 is 2.36 bits per heavy atom. The zero-order chi connectivity index (χ0) is 8.43. The van der Waals surface area contributed by atoms with E-state index in [0.29, 0.717) is 11.5 Å². The molecule has 1 saturated heterocycles. The Kier molecular flexibility index (Phi) is 2.28. The molecule has 0 spiro atoms. The van der Waals surface area contributed by atoms with Crippen molar-refractivity contribution in [3.63, 3.8) is 0 Å². The van der Waals surface area contributed by atoms with Crippen molar-refractivity contribution in [2.75, 3.05) is 0 Å². The SMILES string of the molecule is C[C@@H]1C[C@H](C(=O)O)NC(=S)N1. The topological polar surface area (TPSA) is 61.4 Å². The first-order chi connectivity index (χ1) is 5.09. The summed E-state index contributed by atoms with van der Waals surface area (Å²) in [6.45, 7) is 1.91. The van der Waals surface area contributed by atoms with Crippen molar-refractivity contribution in [3.8, 4) is 0 Å². The molecule has 1 fully saturated rings. The number of carboxylic acids is 1. The minimum atomic E-state index is -0.847. The highest BCUT2D eigenvalue weighted by molar-refractivity contribution is 7.80. The van der Waals surface area contributed by atoms with Crippen LogP contribution in [0.1, 0.15) is 13.3 Å². The van der Waals surface area contributed by atoms with Crippen molar-refractivity contribution in [1.82, 2.24) is 10.6 Å². The van der Waals surface area contributed by atoms with E-state index in [1.165, 1.54) is 0 Å². The summed E-state index contributed by atoms with van der Waals surface area (Å²) in [6, 6.07) is -0.386. The molecule has 0 aromatic heterocycles. The van der Waals surface area contributed by atoms with E-state index in [1.54, 1.807) is 0 Å². The molecule has 0 aliphatic carbocycles. The fraction of sp³-hybridized carbons (Fsp3) is 0.667. The van der Waals surface area contributed by atoms with Gasteiger partial charge in [-0.3, -0.25) is 0 Å². The average molecular weight is 174 g/mol. The maximum absolute atomic E-state index is 10.5. The van der Waals surface area contributed by atoms with Gasteiger partial charge in [0.05, 0.1) is 0 Å². The summed E-state index contributed by atoms with van der Waals surface area (Å²) in [7, 11) is 0. The molecule has 0 bridgehead atoms. The predicted octanol–water partition coefficient (Wildman–Crippen LogP) is -0.304. The summed E-state index contributed by atoms with van der Waals surface area (Å²) in [5.41, 5.74) is 0. The lowest BCUT2D eigenvalue weighted by atomic mass is 10.1. The summed E-state index contributed by atoms with van der Waals surface area (Å²) < 4.78 is 0. The van der Waals surface area contributed by atoms with Crippen LogP contribution in [0.25, 0.3) is 0 Å². The number of carboxylic acid groups (broad SMARTS) is 1. The van der Waals surface area contributed by atoms with Gasteiger partial charge in [0.2, 0.25) is 0 Å². The number of thiocarbonyl (C=S) groups is 1. The Morgan fingerprint density at radius 3 is 2.82 bits per heavy atom. The molecule has 0 unspecified atom stereocenters. The highest BCUT2D eigenvalue weighted by Gasteiger charge is 2.25. The van der Waals surface area contributed by atoms with Gasteiger partial charge in [-0.05, 0) is 25.6 Å². The third-order valence-electron chi connectivity index (χ3n) is 1.57. The van der Waals surface area contributed by atoms with E-state index in [1.807, 2.05) is 6.92 Å². The van der Waals surface area contributed by atoms with Crippen molar-refractivity contribution in [2.24, 2.45) is 0 Å². The normalized spacial score (nSPS) is 30.5. The van der Waals surface area contributed by atoms with Crippen molar-refractivity contribution < 1.29 is 9.90 Å². The van der Waals surface area contributed by atoms with E-state index in [4.69, 9.17) is 17.3 Å². The van der Waals surface area contributed by atoms with Crippen molar-refractivity contribution in [3.05, 3.63) is 0 Å². The molecular weight excluding hydrogens is 164 g/mol. The molecule has 0 saturated carbocycles. The molecule has 1 aliphatic heterocycles. The Balaban J connectivity index is 2.56. The fourth-order valence-electron chi connectivity index (χ4n) is 1.06. The Hall–Kier alpha value is -0.840. The fourth-order valence-corrected chi connectivity index (χ4v) is 1.40. The second-order valence-electron chi connectivity index (χ2n) is 2.65. The maximum atomic E-state index is 10.5. The second-order valence-corrected chi connectivity index (χ2v) is 3.05. The molecule has 62 valence electrons.